The van der Waals surface area contributed by atoms with E-state index >= 15 is 0 Å². The molecule has 0 spiro atoms. The van der Waals surface area contributed by atoms with Crippen LogP contribution in [0.3, 0.4) is 0 Å². The second-order valence-corrected chi connectivity index (χ2v) is 5.85. The summed E-state index contributed by atoms with van der Waals surface area (Å²) < 4.78 is 0. The fourth-order valence-electron chi connectivity index (χ4n) is 2.71. The van der Waals surface area contributed by atoms with Crippen molar-refractivity contribution >= 4 is 0 Å². The average molecular weight is 296 g/mol. The van der Waals surface area contributed by atoms with Gasteiger partial charge >= 0.3 is 0 Å². The van der Waals surface area contributed by atoms with Gasteiger partial charge in [0.15, 0.2) is 0 Å². The van der Waals surface area contributed by atoms with Gasteiger partial charge in [-0.3, -0.25) is 4.90 Å². The maximum absolute atomic E-state index is 3.22. The third kappa shape index (κ3) is 6.42. The van der Waals surface area contributed by atoms with Crippen molar-refractivity contribution in [1.82, 2.24) is 10.2 Å². The molecule has 2 rings (SSSR count). The number of nitrogens with zero attached hydrogens (tertiary/aromatic N) is 1. The lowest BCUT2D eigenvalue weighted by atomic mass is 10.1. The molecule has 2 aromatic carbocycles. The Balaban J connectivity index is 1.88. The van der Waals surface area contributed by atoms with Gasteiger partial charge in [0.2, 0.25) is 0 Å². The predicted octanol–water partition coefficient (Wildman–Crippen LogP) is 4.08. The van der Waals surface area contributed by atoms with Gasteiger partial charge in [0, 0.05) is 13.1 Å². The molecule has 0 aliphatic rings. The number of hydrogen-bond donors (Lipinski definition) is 1. The van der Waals surface area contributed by atoms with E-state index in [0.717, 1.165) is 26.2 Å². The van der Waals surface area contributed by atoms with E-state index in [-0.39, 0.29) is 0 Å². The van der Waals surface area contributed by atoms with E-state index in [2.05, 4.69) is 70.9 Å². The second-order valence-electron chi connectivity index (χ2n) is 5.85. The summed E-state index contributed by atoms with van der Waals surface area (Å²) in [5.74, 6) is 0. The molecule has 0 aliphatic carbocycles. The van der Waals surface area contributed by atoms with Gasteiger partial charge in [0.05, 0.1) is 0 Å². The first-order chi connectivity index (χ1) is 10.9. The third-order valence-corrected chi connectivity index (χ3v) is 3.90. The standard InChI is InChI=1S/C20H28N2/c1-21-15-9-4-10-16-22(17-19-11-5-2-6-12-19)18-20-13-7-3-8-14-20/h2-3,5-8,11-14,21H,4,9-10,15-18H2,1H3. The van der Waals surface area contributed by atoms with Crippen LogP contribution in [0.2, 0.25) is 0 Å². The van der Waals surface area contributed by atoms with E-state index in [0.29, 0.717) is 0 Å². The Bertz CT molecular complexity index is 454. The summed E-state index contributed by atoms with van der Waals surface area (Å²) in [5, 5.41) is 3.22. The van der Waals surface area contributed by atoms with Crippen molar-refractivity contribution in [3.8, 4) is 0 Å². The number of unbranched alkanes of at least 4 members (excludes halogenated alkanes) is 2. The van der Waals surface area contributed by atoms with Gasteiger partial charge < -0.3 is 5.32 Å². The minimum Gasteiger partial charge on any atom is -0.320 e. The van der Waals surface area contributed by atoms with Crippen LogP contribution >= 0.6 is 0 Å². The number of nitrogens with one attached hydrogen (secondary N) is 1. The van der Waals surface area contributed by atoms with Crippen molar-refractivity contribution in [3.05, 3.63) is 71.8 Å². The maximum atomic E-state index is 3.22. The first-order valence-corrected chi connectivity index (χ1v) is 8.33. The zero-order valence-corrected chi connectivity index (χ0v) is 13.7. The summed E-state index contributed by atoms with van der Waals surface area (Å²) >= 11 is 0. The lowest BCUT2D eigenvalue weighted by Gasteiger charge is -2.22. The molecule has 22 heavy (non-hydrogen) atoms. The van der Waals surface area contributed by atoms with Crippen LogP contribution in [0.15, 0.2) is 60.7 Å². The summed E-state index contributed by atoms with van der Waals surface area (Å²) in [7, 11) is 2.02. The van der Waals surface area contributed by atoms with E-state index < -0.39 is 0 Å². The van der Waals surface area contributed by atoms with Crippen LogP contribution in [-0.4, -0.2) is 25.0 Å². The van der Waals surface area contributed by atoms with Crippen LogP contribution in [0.5, 0.6) is 0 Å². The van der Waals surface area contributed by atoms with Gasteiger partial charge in [-0.2, -0.15) is 0 Å². The minimum atomic E-state index is 1.03. The molecular formula is C20H28N2. The van der Waals surface area contributed by atoms with Crippen LogP contribution < -0.4 is 5.32 Å². The Morgan fingerprint density at radius 3 is 1.77 bits per heavy atom. The van der Waals surface area contributed by atoms with Crippen molar-refractivity contribution in [3.63, 3.8) is 0 Å². The number of benzene rings is 2. The quantitative estimate of drug-likeness (QED) is 0.665. The van der Waals surface area contributed by atoms with Gasteiger partial charge in [0.25, 0.3) is 0 Å². The molecule has 0 saturated heterocycles. The monoisotopic (exact) mass is 296 g/mol. The largest absolute Gasteiger partial charge is 0.320 e. The van der Waals surface area contributed by atoms with E-state index in [9.17, 15) is 0 Å². The summed E-state index contributed by atoms with van der Waals surface area (Å²) in [4.78, 5) is 2.56. The first kappa shape index (κ1) is 16.7. The van der Waals surface area contributed by atoms with E-state index in [1.54, 1.807) is 0 Å². The van der Waals surface area contributed by atoms with Crippen molar-refractivity contribution < 1.29 is 0 Å². The molecule has 0 saturated carbocycles. The lowest BCUT2D eigenvalue weighted by molar-refractivity contribution is 0.250. The highest BCUT2D eigenvalue weighted by molar-refractivity contribution is 5.17. The predicted molar refractivity (Wildman–Crippen MR) is 94.8 cm³/mol. The van der Waals surface area contributed by atoms with Gasteiger partial charge in [-0.15, -0.1) is 0 Å². The van der Waals surface area contributed by atoms with Crippen LogP contribution in [0.1, 0.15) is 30.4 Å². The molecular weight excluding hydrogens is 268 g/mol. The van der Waals surface area contributed by atoms with E-state index in [4.69, 9.17) is 0 Å². The van der Waals surface area contributed by atoms with Crippen LogP contribution in [0, 0.1) is 0 Å². The molecule has 118 valence electrons. The zero-order chi connectivity index (χ0) is 15.5. The Morgan fingerprint density at radius 2 is 1.27 bits per heavy atom. The van der Waals surface area contributed by atoms with Gasteiger partial charge in [-0.25, -0.2) is 0 Å². The molecule has 0 atom stereocenters. The molecule has 0 fully saturated rings. The fourth-order valence-corrected chi connectivity index (χ4v) is 2.71. The molecule has 1 N–H and O–H groups in total. The van der Waals surface area contributed by atoms with Crippen molar-refractivity contribution in [2.45, 2.75) is 32.4 Å². The summed E-state index contributed by atoms with van der Waals surface area (Å²) in [6.07, 6.45) is 3.82. The zero-order valence-electron chi connectivity index (χ0n) is 13.7. The normalized spacial score (nSPS) is 11.0. The smallest absolute Gasteiger partial charge is 0.0237 e. The maximum Gasteiger partial charge on any atom is 0.0237 e. The molecule has 2 nitrogen and oxygen atoms in total. The summed E-state index contributed by atoms with van der Waals surface area (Å²) in [6, 6.07) is 21.6. The molecule has 0 bridgehead atoms. The molecule has 0 radical (unpaired) electrons. The van der Waals surface area contributed by atoms with Gasteiger partial charge in [0.1, 0.15) is 0 Å². The highest BCUT2D eigenvalue weighted by Crippen LogP contribution is 2.11. The lowest BCUT2D eigenvalue weighted by Crippen LogP contribution is -2.24. The number of hydrogen-bond acceptors (Lipinski definition) is 2. The molecule has 0 aromatic heterocycles. The van der Waals surface area contributed by atoms with Gasteiger partial charge in [-0.1, -0.05) is 67.1 Å². The topological polar surface area (TPSA) is 15.3 Å². The molecule has 0 heterocycles. The average Bonchev–Trinajstić information content (AvgIpc) is 2.56. The Kier molecular flexibility index (Phi) is 7.71. The van der Waals surface area contributed by atoms with Crippen molar-refractivity contribution in [2.75, 3.05) is 20.1 Å². The van der Waals surface area contributed by atoms with Crippen LogP contribution in [-0.2, 0) is 13.1 Å². The number of rotatable bonds is 10. The SMILES string of the molecule is CNCCCCCN(Cc1ccccc1)Cc1ccccc1. The van der Waals surface area contributed by atoms with Gasteiger partial charge in [-0.05, 0) is 44.1 Å². The third-order valence-electron chi connectivity index (χ3n) is 3.90. The highest BCUT2D eigenvalue weighted by Gasteiger charge is 2.06. The second kappa shape index (κ2) is 10.1. The summed E-state index contributed by atoms with van der Waals surface area (Å²) in [5.41, 5.74) is 2.79. The first-order valence-electron chi connectivity index (χ1n) is 8.33. The van der Waals surface area contributed by atoms with Crippen molar-refractivity contribution in [1.29, 1.82) is 0 Å². The van der Waals surface area contributed by atoms with Crippen molar-refractivity contribution in [2.24, 2.45) is 0 Å². The van der Waals surface area contributed by atoms with Crippen LogP contribution in [0.4, 0.5) is 0 Å². The Morgan fingerprint density at radius 1 is 0.727 bits per heavy atom. The molecule has 2 aromatic rings. The van der Waals surface area contributed by atoms with E-state index in [1.165, 1.54) is 30.4 Å². The molecule has 2 heteroatoms. The Labute approximate surface area is 135 Å². The fraction of sp³-hybridized carbons (Fsp3) is 0.400. The van der Waals surface area contributed by atoms with E-state index in [1.807, 2.05) is 7.05 Å². The molecule has 0 unspecified atom stereocenters. The highest BCUT2D eigenvalue weighted by atomic mass is 15.1. The van der Waals surface area contributed by atoms with Crippen LogP contribution in [0.25, 0.3) is 0 Å². The molecule has 0 amide bonds. The molecule has 0 aliphatic heterocycles. The minimum absolute atomic E-state index is 1.03. The Hall–Kier alpha value is -1.64. The summed E-state index contributed by atoms with van der Waals surface area (Å²) in [6.45, 7) is 4.34.